The van der Waals surface area contributed by atoms with Gasteiger partial charge in [0.05, 0.1) is 12.7 Å². The summed E-state index contributed by atoms with van der Waals surface area (Å²) in [5.41, 5.74) is 8.10. The summed E-state index contributed by atoms with van der Waals surface area (Å²) in [6.45, 7) is 2.23. The standard InChI is InChI=1S/C29H34FN5O3/c1-38-26-6-2-4-22(16-26)20-34(19-21-7-9-24(30)10-8-21)25-11-15-35(27(17-25)28(36)33-14-12-31)29(37)23-5-3-13-32-18-23/h2-10,13,16,18,25,27H,11-12,14-15,17,19-20,31H2,1H3,(H,33,36)/t25?,27-/m1/s1. The second kappa shape index (κ2) is 13.1. The number of carbonyl (C=O) groups excluding carboxylic acids is 2. The van der Waals surface area contributed by atoms with Gasteiger partial charge in [0.25, 0.3) is 5.91 Å². The molecule has 38 heavy (non-hydrogen) atoms. The zero-order valence-electron chi connectivity index (χ0n) is 21.6. The van der Waals surface area contributed by atoms with E-state index in [2.05, 4.69) is 15.2 Å². The fourth-order valence-corrected chi connectivity index (χ4v) is 4.88. The Bertz CT molecular complexity index is 1210. The minimum absolute atomic E-state index is 0.00201. The molecule has 0 spiro atoms. The number of benzene rings is 2. The van der Waals surface area contributed by atoms with Crippen LogP contribution in [-0.2, 0) is 17.9 Å². The number of hydrogen-bond acceptors (Lipinski definition) is 6. The number of halogens is 1. The molecule has 1 aliphatic heterocycles. The van der Waals surface area contributed by atoms with Gasteiger partial charge in [-0.3, -0.25) is 19.5 Å². The molecular formula is C29H34FN5O3. The summed E-state index contributed by atoms with van der Waals surface area (Å²) in [7, 11) is 1.63. The van der Waals surface area contributed by atoms with Crippen molar-refractivity contribution in [1.29, 1.82) is 0 Å². The van der Waals surface area contributed by atoms with E-state index in [9.17, 15) is 14.0 Å². The monoisotopic (exact) mass is 519 g/mol. The van der Waals surface area contributed by atoms with Crippen LogP contribution in [-0.4, -0.2) is 65.4 Å². The van der Waals surface area contributed by atoms with Crippen molar-refractivity contribution in [2.24, 2.45) is 5.73 Å². The Balaban J connectivity index is 1.60. The van der Waals surface area contributed by atoms with Gasteiger partial charge in [-0.1, -0.05) is 24.3 Å². The minimum Gasteiger partial charge on any atom is -0.497 e. The van der Waals surface area contributed by atoms with Gasteiger partial charge in [-0.2, -0.15) is 0 Å². The molecular weight excluding hydrogens is 485 g/mol. The number of likely N-dealkylation sites (tertiary alicyclic amines) is 1. The average molecular weight is 520 g/mol. The maximum absolute atomic E-state index is 13.6. The van der Waals surface area contributed by atoms with Gasteiger partial charge in [-0.25, -0.2) is 4.39 Å². The number of amides is 2. The largest absolute Gasteiger partial charge is 0.497 e. The van der Waals surface area contributed by atoms with Crippen molar-refractivity contribution in [3.05, 3.63) is 95.6 Å². The molecule has 0 radical (unpaired) electrons. The molecule has 2 heterocycles. The summed E-state index contributed by atoms with van der Waals surface area (Å²) in [6.07, 6.45) is 4.26. The van der Waals surface area contributed by atoms with Gasteiger partial charge >= 0.3 is 0 Å². The number of nitrogens with zero attached hydrogens (tertiary/aromatic N) is 3. The van der Waals surface area contributed by atoms with Crippen LogP contribution in [0.4, 0.5) is 4.39 Å². The zero-order chi connectivity index (χ0) is 26.9. The van der Waals surface area contributed by atoms with Crippen LogP contribution in [0.5, 0.6) is 5.75 Å². The molecule has 4 rings (SSSR count). The van der Waals surface area contributed by atoms with Crippen LogP contribution in [0, 0.1) is 5.82 Å². The van der Waals surface area contributed by atoms with Gasteiger partial charge in [0, 0.05) is 51.2 Å². The molecule has 200 valence electrons. The predicted octanol–water partition coefficient (Wildman–Crippen LogP) is 2.98. The first kappa shape index (κ1) is 27.2. The zero-order valence-corrected chi connectivity index (χ0v) is 21.6. The Labute approximate surface area is 222 Å². The second-order valence-electron chi connectivity index (χ2n) is 9.40. The Hall–Kier alpha value is -3.82. The first-order valence-corrected chi connectivity index (χ1v) is 12.8. The topological polar surface area (TPSA) is 101 Å². The lowest BCUT2D eigenvalue weighted by Gasteiger charge is -2.43. The van der Waals surface area contributed by atoms with Crippen molar-refractivity contribution in [3.63, 3.8) is 0 Å². The lowest BCUT2D eigenvalue weighted by atomic mass is 9.93. The Morgan fingerprint density at radius 3 is 2.63 bits per heavy atom. The SMILES string of the molecule is COc1cccc(CN(Cc2ccc(F)cc2)C2CCN(C(=O)c3cccnc3)[C@@H](C(=O)NCCN)C2)c1. The highest BCUT2D eigenvalue weighted by atomic mass is 19.1. The molecule has 9 heteroatoms. The number of hydrogen-bond donors (Lipinski definition) is 2. The lowest BCUT2D eigenvalue weighted by molar-refractivity contribution is -0.127. The van der Waals surface area contributed by atoms with Crippen molar-refractivity contribution >= 4 is 11.8 Å². The molecule has 2 atom stereocenters. The molecule has 0 bridgehead atoms. The number of ether oxygens (including phenoxy) is 1. The molecule has 0 aliphatic carbocycles. The van der Waals surface area contributed by atoms with Gasteiger partial charge in [0.1, 0.15) is 17.6 Å². The van der Waals surface area contributed by atoms with Crippen molar-refractivity contribution in [3.8, 4) is 5.75 Å². The third-order valence-corrected chi connectivity index (χ3v) is 6.83. The lowest BCUT2D eigenvalue weighted by Crippen LogP contribution is -2.57. The molecule has 3 aromatic rings. The molecule has 8 nitrogen and oxygen atoms in total. The van der Waals surface area contributed by atoms with Crippen molar-refractivity contribution in [2.45, 2.75) is 38.0 Å². The highest BCUT2D eigenvalue weighted by molar-refractivity contribution is 5.97. The molecule has 1 aliphatic rings. The van der Waals surface area contributed by atoms with Crippen molar-refractivity contribution in [2.75, 3.05) is 26.7 Å². The highest BCUT2D eigenvalue weighted by Gasteiger charge is 2.38. The molecule has 2 aromatic carbocycles. The normalized spacial score (nSPS) is 17.3. The summed E-state index contributed by atoms with van der Waals surface area (Å²) in [5, 5.41) is 2.87. The number of pyridine rings is 1. The molecule has 2 amide bonds. The van der Waals surface area contributed by atoms with Gasteiger partial charge in [0.15, 0.2) is 0 Å². The first-order chi connectivity index (χ1) is 18.5. The number of piperidine rings is 1. The quantitative estimate of drug-likeness (QED) is 0.427. The third kappa shape index (κ3) is 6.93. The van der Waals surface area contributed by atoms with Crippen LogP contribution < -0.4 is 15.8 Å². The van der Waals surface area contributed by atoms with Gasteiger partial charge in [0.2, 0.25) is 5.91 Å². The van der Waals surface area contributed by atoms with Crippen LogP contribution in [0.1, 0.15) is 34.3 Å². The predicted molar refractivity (Wildman–Crippen MR) is 143 cm³/mol. The van der Waals surface area contributed by atoms with Crippen LogP contribution in [0.15, 0.2) is 73.1 Å². The fraction of sp³-hybridized carbons (Fsp3) is 0.345. The number of nitrogens with one attached hydrogen (secondary N) is 1. The van der Waals surface area contributed by atoms with E-state index in [1.807, 2.05) is 24.3 Å². The maximum Gasteiger partial charge on any atom is 0.256 e. The average Bonchev–Trinajstić information content (AvgIpc) is 2.96. The number of nitrogens with two attached hydrogens (primary N) is 1. The summed E-state index contributed by atoms with van der Waals surface area (Å²) in [6, 6.07) is 17.1. The van der Waals surface area contributed by atoms with E-state index in [1.165, 1.54) is 18.3 Å². The van der Waals surface area contributed by atoms with E-state index in [1.54, 1.807) is 42.5 Å². The number of aromatic nitrogens is 1. The van der Waals surface area contributed by atoms with Crippen LogP contribution >= 0.6 is 0 Å². The molecule has 1 saturated heterocycles. The summed E-state index contributed by atoms with van der Waals surface area (Å²) in [5.74, 6) is 0.0370. The van der Waals surface area contributed by atoms with E-state index in [-0.39, 0.29) is 23.7 Å². The Morgan fingerprint density at radius 2 is 1.92 bits per heavy atom. The molecule has 0 saturated carbocycles. The summed E-state index contributed by atoms with van der Waals surface area (Å²) >= 11 is 0. The smallest absolute Gasteiger partial charge is 0.256 e. The minimum atomic E-state index is -0.658. The van der Waals surface area contributed by atoms with E-state index in [4.69, 9.17) is 10.5 Å². The highest BCUT2D eigenvalue weighted by Crippen LogP contribution is 2.27. The number of rotatable bonds is 10. The maximum atomic E-state index is 13.6. The van der Waals surface area contributed by atoms with E-state index in [0.717, 1.165) is 16.9 Å². The van der Waals surface area contributed by atoms with E-state index < -0.39 is 6.04 Å². The van der Waals surface area contributed by atoms with Crippen LogP contribution in [0.25, 0.3) is 0 Å². The first-order valence-electron chi connectivity index (χ1n) is 12.8. The fourth-order valence-electron chi connectivity index (χ4n) is 4.88. The molecule has 1 unspecified atom stereocenters. The molecule has 3 N–H and O–H groups in total. The summed E-state index contributed by atoms with van der Waals surface area (Å²) in [4.78, 5) is 34.6. The van der Waals surface area contributed by atoms with Gasteiger partial charge < -0.3 is 20.7 Å². The Morgan fingerprint density at radius 1 is 1.13 bits per heavy atom. The van der Waals surface area contributed by atoms with Crippen LogP contribution in [0.2, 0.25) is 0 Å². The van der Waals surface area contributed by atoms with Crippen LogP contribution in [0.3, 0.4) is 0 Å². The van der Waals surface area contributed by atoms with E-state index in [0.29, 0.717) is 51.1 Å². The van der Waals surface area contributed by atoms with Crippen molar-refractivity contribution in [1.82, 2.24) is 20.1 Å². The Kier molecular flexibility index (Phi) is 9.40. The van der Waals surface area contributed by atoms with E-state index >= 15 is 0 Å². The summed E-state index contributed by atoms with van der Waals surface area (Å²) < 4.78 is 19.0. The molecule has 1 aromatic heterocycles. The van der Waals surface area contributed by atoms with Gasteiger partial charge in [-0.05, 0) is 60.4 Å². The number of carbonyl (C=O) groups is 2. The third-order valence-electron chi connectivity index (χ3n) is 6.83. The molecule has 1 fully saturated rings. The number of methoxy groups -OCH3 is 1. The van der Waals surface area contributed by atoms with Crippen molar-refractivity contribution < 1.29 is 18.7 Å². The second-order valence-corrected chi connectivity index (χ2v) is 9.40. The van der Waals surface area contributed by atoms with Gasteiger partial charge in [-0.15, -0.1) is 0 Å².